The molecule has 0 N–H and O–H groups in total. The van der Waals surface area contributed by atoms with E-state index in [-0.39, 0.29) is 0 Å². The highest BCUT2D eigenvalue weighted by atomic mass is 16.5. The molecule has 3 heteroatoms. The summed E-state index contributed by atoms with van der Waals surface area (Å²) < 4.78 is 5.77. The first kappa shape index (κ1) is 16.5. The Morgan fingerprint density at radius 2 is 2.00 bits per heavy atom. The highest BCUT2D eigenvalue weighted by Gasteiger charge is 2.20. The Balaban J connectivity index is 1.51. The Hall–Kier alpha value is -0.900. The van der Waals surface area contributed by atoms with E-state index in [0.717, 1.165) is 32.1 Å². The molecule has 21 heavy (non-hydrogen) atoms. The zero-order chi connectivity index (χ0) is 14.9. The Kier molecular flexibility index (Phi) is 7.20. The number of hydrogen-bond donors (Lipinski definition) is 0. The molecule has 0 amide bonds. The predicted molar refractivity (Wildman–Crippen MR) is 88.7 cm³/mol. The maximum Gasteiger partial charge on any atom is 0.0506 e. The van der Waals surface area contributed by atoms with E-state index in [2.05, 4.69) is 54.2 Å². The van der Waals surface area contributed by atoms with Crippen molar-refractivity contribution in [1.29, 1.82) is 0 Å². The molecule has 0 aromatic heterocycles. The predicted octanol–water partition coefficient (Wildman–Crippen LogP) is 2.66. The van der Waals surface area contributed by atoms with Crippen LogP contribution in [0.3, 0.4) is 0 Å². The molecular formula is C18H30N2O. The quantitative estimate of drug-likeness (QED) is 0.685. The normalized spacial score (nSPS) is 20.0. The molecule has 2 rings (SSSR count). The minimum atomic E-state index is 0.734. The van der Waals surface area contributed by atoms with Crippen molar-refractivity contribution >= 4 is 0 Å². The lowest BCUT2D eigenvalue weighted by molar-refractivity contribution is 0.100. The first-order valence-corrected chi connectivity index (χ1v) is 8.26. The summed E-state index contributed by atoms with van der Waals surface area (Å²) in [5.74, 6) is 0. The van der Waals surface area contributed by atoms with Gasteiger partial charge in [-0.2, -0.15) is 0 Å². The van der Waals surface area contributed by atoms with Gasteiger partial charge in [0.1, 0.15) is 0 Å². The molecule has 0 spiro atoms. The molecule has 1 aromatic rings. The summed E-state index contributed by atoms with van der Waals surface area (Å²) in [5, 5.41) is 0. The molecule has 0 saturated carbocycles. The monoisotopic (exact) mass is 290 g/mol. The van der Waals surface area contributed by atoms with Crippen LogP contribution in [0.1, 0.15) is 24.8 Å². The van der Waals surface area contributed by atoms with E-state index in [1.165, 1.54) is 38.0 Å². The van der Waals surface area contributed by atoms with E-state index in [0.29, 0.717) is 0 Å². The van der Waals surface area contributed by atoms with Crippen molar-refractivity contribution in [2.75, 3.05) is 46.9 Å². The van der Waals surface area contributed by atoms with Crippen LogP contribution in [-0.2, 0) is 11.2 Å². The number of hydrogen-bond acceptors (Lipinski definition) is 3. The maximum atomic E-state index is 5.77. The van der Waals surface area contributed by atoms with Crippen LogP contribution in [-0.4, -0.2) is 62.8 Å². The maximum absolute atomic E-state index is 5.77. The molecule has 1 fully saturated rings. The first-order valence-electron chi connectivity index (χ1n) is 8.26. The third-order valence-corrected chi connectivity index (χ3v) is 4.35. The summed E-state index contributed by atoms with van der Waals surface area (Å²) in [5.41, 5.74) is 1.36. The van der Waals surface area contributed by atoms with Crippen LogP contribution >= 0.6 is 0 Å². The Bertz CT molecular complexity index is 380. The van der Waals surface area contributed by atoms with Crippen LogP contribution in [0, 0.1) is 0 Å². The fourth-order valence-corrected chi connectivity index (χ4v) is 2.98. The van der Waals surface area contributed by atoms with Crippen LogP contribution in [0.15, 0.2) is 30.3 Å². The van der Waals surface area contributed by atoms with Crippen LogP contribution in [0.5, 0.6) is 0 Å². The highest BCUT2D eigenvalue weighted by Crippen LogP contribution is 2.13. The van der Waals surface area contributed by atoms with Gasteiger partial charge in [-0.3, -0.25) is 0 Å². The Morgan fingerprint density at radius 1 is 1.19 bits per heavy atom. The van der Waals surface area contributed by atoms with Gasteiger partial charge in [-0.05, 0) is 51.9 Å². The van der Waals surface area contributed by atoms with E-state index in [9.17, 15) is 0 Å². The van der Waals surface area contributed by atoms with Gasteiger partial charge in [0.25, 0.3) is 0 Å². The van der Waals surface area contributed by atoms with Crippen molar-refractivity contribution in [2.24, 2.45) is 0 Å². The molecule has 1 atom stereocenters. The second-order valence-electron chi connectivity index (χ2n) is 6.26. The number of likely N-dealkylation sites (N-methyl/N-ethyl adjacent to an activating group) is 1. The minimum absolute atomic E-state index is 0.734. The van der Waals surface area contributed by atoms with E-state index < -0.39 is 0 Å². The van der Waals surface area contributed by atoms with E-state index in [1.54, 1.807) is 0 Å². The van der Waals surface area contributed by atoms with Gasteiger partial charge in [-0.15, -0.1) is 0 Å². The zero-order valence-electron chi connectivity index (χ0n) is 13.6. The number of rotatable bonds is 8. The van der Waals surface area contributed by atoms with Gasteiger partial charge in [-0.1, -0.05) is 30.3 Å². The lowest BCUT2D eigenvalue weighted by Gasteiger charge is -2.36. The van der Waals surface area contributed by atoms with Gasteiger partial charge in [0.2, 0.25) is 0 Å². The summed E-state index contributed by atoms with van der Waals surface area (Å²) in [6.45, 7) is 5.38. The largest absolute Gasteiger partial charge is 0.381 e. The topological polar surface area (TPSA) is 15.7 Å². The van der Waals surface area contributed by atoms with Crippen LogP contribution in [0.4, 0.5) is 0 Å². The molecule has 1 unspecified atom stereocenters. The second kappa shape index (κ2) is 9.19. The third-order valence-electron chi connectivity index (χ3n) is 4.35. The lowest BCUT2D eigenvalue weighted by Crippen LogP contribution is -2.45. The molecule has 1 aromatic carbocycles. The summed E-state index contributed by atoms with van der Waals surface area (Å²) in [6, 6.07) is 11.3. The molecule has 0 radical (unpaired) electrons. The number of nitrogens with zero attached hydrogens (tertiary/aromatic N) is 2. The van der Waals surface area contributed by atoms with Crippen LogP contribution in [0.25, 0.3) is 0 Å². The van der Waals surface area contributed by atoms with Crippen molar-refractivity contribution in [2.45, 2.75) is 31.7 Å². The van der Waals surface area contributed by atoms with Crippen molar-refractivity contribution < 1.29 is 4.74 Å². The fraction of sp³-hybridized carbons (Fsp3) is 0.667. The van der Waals surface area contributed by atoms with Gasteiger partial charge in [0.05, 0.1) is 6.61 Å². The van der Waals surface area contributed by atoms with Gasteiger partial charge >= 0.3 is 0 Å². The molecule has 0 aliphatic carbocycles. The summed E-state index contributed by atoms with van der Waals surface area (Å²) in [7, 11) is 4.39. The molecule has 0 bridgehead atoms. The molecule has 1 heterocycles. The molecular weight excluding hydrogens is 260 g/mol. The zero-order valence-corrected chi connectivity index (χ0v) is 13.6. The molecule has 3 nitrogen and oxygen atoms in total. The number of likely N-dealkylation sites (tertiary alicyclic amines) is 1. The van der Waals surface area contributed by atoms with Gasteiger partial charge in [0, 0.05) is 25.7 Å². The van der Waals surface area contributed by atoms with Crippen molar-refractivity contribution in [3.63, 3.8) is 0 Å². The molecule has 118 valence electrons. The number of benzene rings is 1. The first-order chi connectivity index (χ1) is 10.3. The van der Waals surface area contributed by atoms with E-state index >= 15 is 0 Å². The number of ether oxygens (including phenoxy) is 1. The van der Waals surface area contributed by atoms with Gasteiger partial charge in [0.15, 0.2) is 0 Å². The van der Waals surface area contributed by atoms with E-state index in [4.69, 9.17) is 4.74 Å². The van der Waals surface area contributed by atoms with Crippen molar-refractivity contribution in [3.05, 3.63) is 35.9 Å². The average molecular weight is 290 g/mol. The minimum Gasteiger partial charge on any atom is -0.381 e. The third kappa shape index (κ3) is 6.16. The summed E-state index contributed by atoms with van der Waals surface area (Å²) >= 11 is 0. The molecule has 1 aliphatic heterocycles. The molecule has 1 saturated heterocycles. The molecule has 1 aliphatic rings. The van der Waals surface area contributed by atoms with Crippen molar-refractivity contribution in [3.8, 4) is 0 Å². The van der Waals surface area contributed by atoms with Crippen LogP contribution < -0.4 is 0 Å². The van der Waals surface area contributed by atoms with Crippen molar-refractivity contribution in [1.82, 2.24) is 9.80 Å². The SMILES string of the molecule is CN(C)C1CCCN(CCCOCCc2ccccc2)C1. The van der Waals surface area contributed by atoms with Gasteiger partial charge in [-0.25, -0.2) is 0 Å². The standard InChI is InChI=1S/C18H30N2O/c1-19(2)18-10-6-12-20(16-18)13-7-14-21-15-11-17-8-4-3-5-9-17/h3-5,8-9,18H,6-7,10-16H2,1-2H3. The fourth-order valence-electron chi connectivity index (χ4n) is 2.98. The number of piperidine rings is 1. The second-order valence-corrected chi connectivity index (χ2v) is 6.26. The Labute approximate surface area is 129 Å². The smallest absolute Gasteiger partial charge is 0.0506 e. The van der Waals surface area contributed by atoms with Gasteiger partial charge < -0.3 is 14.5 Å². The highest BCUT2D eigenvalue weighted by molar-refractivity contribution is 5.14. The van der Waals surface area contributed by atoms with E-state index in [1.807, 2.05) is 0 Å². The van der Waals surface area contributed by atoms with Crippen LogP contribution in [0.2, 0.25) is 0 Å². The lowest BCUT2D eigenvalue weighted by atomic mass is 10.0. The summed E-state index contributed by atoms with van der Waals surface area (Å²) in [6.07, 6.45) is 4.84. The Morgan fingerprint density at radius 3 is 2.76 bits per heavy atom. The summed E-state index contributed by atoms with van der Waals surface area (Å²) in [4.78, 5) is 4.96. The average Bonchev–Trinajstić information content (AvgIpc) is 2.52.